The molecule has 2 aromatic carbocycles. The average Bonchev–Trinajstić information content (AvgIpc) is 2.43. The van der Waals surface area contributed by atoms with Gasteiger partial charge in [-0.15, -0.1) is 0 Å². The third-order valence-corrected chi connectivity index (χ3v) is 2.35. The first-order valence-electron chi connectivity index (χ1n) is 5.30. The van der Waals surface area contributed by atoms with Gasteiger partial charge in [0, 0.05) is 5.54 Å². The molecule has 3 heteroatoms. The molecule has 0 amide bonds. The molecule has 0 bridgehead atoms. The predicted molar refractivity (Wildman–Crippen MR) is 83.3 cm³/mol. The highest BCUT2D eigenvalue weighted by atomic mass is 35.5. The predicted octanol–water partition coefficient (Wildman–Crippen LogP) is 6.18. The number of rotatable bonds is 0. The highest BCUT2D eigenvalue weighted by Gasteiger charge is 1.72. The fourth-order valence-electron chi connectivity index (χ4n) is 0.919. The van der Waals surface area contributed by atoms with Crippen molar-refractivity contribution in [3.05, 3.63) is 82.3 Å². The number of halogens is 3. The number of hydrogen-bond donors (Lipinski definition) is 0. The molecule has 0 aliphatic carbocycles. The Hall–Kier alpha value is -0.950. The van der Waals surface area contributed by atoms with E-state index in [4.69, 9.17) is 34.8 Å². The molecule has 0 N–H and O–H groups in total. The Morgan fingerprint density at radius 1 is 0.778 bits per heavy atom. The summed E-state index contributed by atoms with van der Waals surface area (Å²) in [6, 6.07) is 22.3. The molecule has 2 rings (SSSR count). The Kier molecular flexibility index (Phi) is 11.8. The minimum Gasteiger partial charge on any atom is -0.0904 e. The molecule has 0 spiro atoms. The Balaban J connectivity index is 0.000000245. The lowest BCUT2D eigenvalue weighted by molar-refractivity contribution is 1.48. The molecule has 0 aliphatic heterocycles. The van der Waals surface area contributed by atoms with Gasteiger partial charge in [-0.2, -0.15) is 0 Å². The second-order valence-corrected chi connectivity index (χ2v) is 4.43. The largest absolute Gasteiger partial charge is 0.118 e. The fourth-order valence-corrected chi connectivity index (χ4v) is 0.919. The molecule has 0 unspecified atom stereocenters. The van der Waals surface area contributed by atoms with Crippen molar-refractivity contribution in [3.63, 3.8) is 0 Å². The van der Waals surface area contributed by atoms with Crippen molar-refractivity contribution in [1.29, 1.82) is 0 Å². The van der Waals surface area contributed by atoms with E-state index < -0.39 is 0 Å². The molecular weight excluding hydrogens is 287 g/mol. The maximum Gasteiger partial charge on any atom is 0.118 e. The minimum absolute atomic E-state index is 0.0895. The van der Waals surface area contributed by atoms with Crippen molar-refractivity contribution in [2.45, 2.75) is 6.92 Å². The van der Waals surface area contributed by atoms with E-state index >= 15 is 0 Å². The topological polar surface area (TPSA) is 0 Å². The molecule has 0 fully saturated rings. The monoisotopic (exact) mass is 300 g/mol. The van der Waals surface area contributed by atoms with Gasteiger partial charge in [-0.25, -0.2) is 0 Å². The normalized spacial score (nSPS) is 8.00. The second kappa shape index (κ2) is 12.5. The molecule has 2 aromatic rings. The van der Waals surface area contributed by atoms with Crippen LogP contribution in [0.15, 0.2) is 76.8 Å². The summed E-state index contributed by atoms with van der Waals surface area (Å²) in [6.07, 6.45) is 0. The molecule has 96 valence electrons. The van der Waals surface area contributed by atoms with Gasteiger partial charge >= 0.3 is 0 Å². The smallest absolute Gasteiger partial charge is 0.0904 e. The van der Waals surface area contributed by atoms with Crippen LogP contribution in [0.2, 0.25) is 0 Å². The summed E-state index contributed by atoms with van der Waals surface area (Å²) >= 11 is 14.8. The van der Waals surface area contributed by atoms with Gasteiger partial charge in [0.05, 0.1) is 0 Å². The zero-order chi connectivity index (χ0) is 13.6. The van der Waals surface area contributed by atoms with Crippen LogP contribution in [0.5, 0.6) is 0 Å². The molecule has 0 saturated carbocycles. The van der Waals surface area contributed by atoms with Crippen LogP contribution in [-0.4, -0.2) is 0 Å². The zero-order valence-corrected chi connectivity index (χ0v) is 12.3. The molecule has 0 radical (unpaired) electrons. The SMILES string of the molecule is Cc1ccccc1.ClC=C(Cl)Cl.c1ccccc1. The van der Waals surface area contributed by atoms with E-state index in [-0.39, 0.29) is 4.49 Å². The van der Waals surface area contributed by atoms with Crippen molar-refractivity contribution in [2.75, 3.05) is 0 Å². The van der Waals surface area contributed by atoms with Crippen LogP contribution in [0.3, 0.4) is 0 Å². The van der Waals surface area contributed by atoms with Gasteiger partial charge in [-0.3, -0.25) is 0 Å². The molecule has 0 nitrogen and oxygen atoms in total. The fraction of sp³-hybridized carbons (Fsp3) is 0.0667. The number of benzene rings is 2. The molecule has 0 heterocycles. The van der Waals surface area contributed by atoms with E-state index in [0.717, 1.165) is 5.54 Å². The average molecular weight is 302 g/mol. The Morgan fingerprint density at radius 3 is 1.22 bits per heavy atom. The van der Waals surface area contributed by atoms with Crippen LogP contribution in [-0.2, 0) is 0 Å². The van der Waals surface area contributed by atoms with Gasteiger partial charge in [-0.05, 0) is 6.92 Å². The van der Waals surface area contributed by atoms with E-state index in [1.165, 1.54) is 5.56 Å². The maximum atomic E-state index is 4.96. The maximum absolute atomic E-state index is 4.96. The summed E-state index contributed by atoms with van der Waals surface area (Å²) in [7, 11) is 0. The quantitative estimate of drug-likeness (QED) is 0.545. The summed E-state index contributed by atoms with van der Waals surface area (Å²) in [5, 5.41) is 0. The standard InChI is InChI=1S/C7H8.C6H6.C2HCl3/c1-7-5-3-2-4-6-7;1-2-4-6-5-3-1;3-1-2(4)5/h2-6H,1H3;1-6H;1H. The second-order valence-electron chi connectivity index (χ2n) is 3.21. The van der Waals surface area contributed by atoms with Gasteiger partial charge in [0.15, 0.2) is 0 Å². The minimum atomic E-state index is 0.0895. The van der Waals surface area contributed by atoms with Gasteiger partial charge in [0.1, 0.15) is 4.49 Å². The lowest BCUT2D eigenvalue weighted by Crippen LogP contribution is -1.62. The van der Waals surface area contributed by atoms with Crippen LogP contribution in [0.1, 0.15) is 5.56 Å². The third-order valence-electron chi connectivity index (χ3n) is 1.69. The van der Waals surface area contributed by atoms with Crippen molar-refractivity contribution in [1.82, 2.24) is 0 Å². The van der Waals surface area contributed by atoms with Gasteiger partial charge in [0.2, 0.25) is 0 Å². The Labute approximate surface area is 124 Å². The Morgan fingerprint density at radius 2 is 1.06 bits per heavy atom. The summed E-state index contributed by atoms with van der Waals surface area (Å²) in [5.41, 5.74) is 2.41. The highest BCUT2D eigenvalue weighted by Crippen LogP contribution is 2.05. The zero-order valence-electron chi connectivity index (χ0n) is 10.1. The molecule has 18 heavy (non-hydrogen) atoms. The lowest BCUT2D eigenvalue weighted by Gasteiger charge is -1.82. The van der Waals surface area contributed by atoms with E-state index in [2.05, 4.69) is 19.1 Å². The van der Waals surface area contributed by atoms with Crippen molar-refractivity contribution in [3.8, 4) is 0 Å². The van der Waals surface area contributed by atoms with Crippen LogP contribution in [0.4, 0.5) is 0 Å². The van der Waals surface area contributed by atoms with Gasteiger partial charge in [0.25, 0.3) is 0 Å². The van der Waals surface area contributed by atoms with Gasteiger partial charge < -0.3 is 0 Å². The van der Waals surface area contributed by atoms with E-state index in [1.54, 1.807) is 0 Å². The van der Waals surface area contributed by atoms with Crippen LogP contribution in [0.25, 0.3) is 0 Å². The first-order valence-corrected chi connectivity index (χ1v) is 6.49. The first kappa shape index (κ1) is 17.1. The first-order chi connectivity index (χ1) is 8.66. The molecular formula is C15H15Cl3. The van der Waals surface area contributed by atoms with Crippen molar-refractivity contribution in [2.24, 2.45) is 0 Å². The summed E-state index contributed by atoms with van der Waals surface area (Å²) < 4.78 is 0.0895. The highest BCUT2D eigenvalue weighted by molar-refractivity contribution is 6.58. The van der Waals surface area contributed by atoms with E-state index in [9.17, 15) is 0 Å². The molecule has 0 saturated heterocycles. The summed E-state index contributed by atoms with van der Waals surface area (Å²) in [6.45, 7) is 2.08. The summed E-state index contributed by atoms with van der Waals surface area (Å²) in [4.78, 5) is 0. The Bertz CT molecular complexity index is 380. The van der Waals surface area contributed by atoms with Crippen molar-refractivity contribution < 1.29 is 0 Å². The van der Waals surface area contributed by atoms with E-state index in [1.807, 2.05) is 54.6 Å². The van der Waals surface area contributed by atoms with E-state index in [0.29, 0.717) is 0 Å². The molecule has 0 aliphatic rings. The lowest BCUT2D eigenvalue weighted by atomic mass is 10.2. The number of hydrogen-bond acceptors (Lipinski definition) is 0. The number of aryl methyl sites for hydroxylation is 1. The van der Waals surface area contributed by atoms with Crippen LogP contribution < -0.4 is 0 Å². The molecule has 0 atom stereocenters. The van der Waals surface area contributed by atoms with Crippen LogP contribution >= 0.6 is 34.8 Å². The third kappa shape index (κ3) is 13.1. The summed E-state index contributed by atoms with van der Waals surface area (Å²) in [5.74, 6) is 0. The van der Waals surface area contributed by atoms with Gasteiger partial charge in [-0.1, -0.05) is 107 Å². The molecule has 0 aromatic heterocycles. The van der Waals surface area contributed by atoms with Crippen LogP contribution in [0, 0.1) is 6.92 Å². The van der Waals surface area contributed by atoms with Crippen molar-refractivity contribution >= 4 is 34.8 Å².